The Morgan fingerprint density at radius 1 is 1.29 bits per heavy atom. The highest BCUT2D eigenvalue weighted by molar-refractivity contribution is 5.73. The highest BCUT2D eigenvalue weighted by Crippen LogP contribution is 2.34. The van der Waals surface area contributed by atoms with Crippen LogP contribution >= 0.6 is 0 Å². The third-order valence-electron chi connectivity index (χ3n) is 4.00. The third kappa shape index (κ3) is 3.47. The lowest BCUT2D eigenvalue weighted by Gasteiger charge is -2.28. The quantitative estimate of drug-likeness (QED) is 0.922. The van der Waals surface area contributed by atoms with Gasteiger partial charge in [0, 0.05) is 50.4 Å². The first kappa shape index (κ1) is 15.6. The van der Waals surface area contributed by atoms with Crippen molar-refractivity contribution in [1.82, 2.24) is 4.90 Å². The normalized spacial score (nSPS) is 17.3. The van der Waals surface area contributed by atoms with Gasteiger partial charge in [-0.05, 0) is 25.5 Å². The Bertz CT molecular complexity index is 502. The maximum atomic E-state index is 11.5. The van der Waals surface area contributed by atoms with Crippen LogP contribution in [0.5, 0.6) is 5.75 Å². The van der Waals surface area contributed by atoms with E-state index in [1.165, 1.54) is 0 Å². The van der Waals surface area contributed by atoms with Crippen molar-refractivity contribution in [1.29, 1.82) is 0 Å². The van der Waals surface area contributed by atoms with Gasteiger partial charge in [0.25, 0.3) is 0 Å². The van der Waals surface area contributed by atoms with E-state index < -0.39 is 0 Å². The summed E-state index contributed by atoms with van der Waals surface area (Å²) in [6.45, 7) is 6.94. The SMILES string of the molecule is COc1cccc(N2CCCN(C(C)=O)CC2)c1[C@@H](C)N. The summed E-state index contributed by atoms with van der Waals surface area (Å²) in [6, 6.07) is 5.93. The van der Waals surface area contributed by atoms with Crippen LogP contribution in [-0.2, 0) is 4.79 Å². The molecule has 5 heteroatoms. The molecule has 0 unspecified atom stereocenters. The number of nitrogens with zero attached hydrogens (tertiary/aromatic N) is 2. The summed E-state index contributed by atoms with van der Waals surface area (Å²) in [6.07, 6.45) is 0.967. The molecule has 21 heavy (non-hydrogen) atoms. The second-order valence-electron chi connectivity index (χ2n) is 5.53. The predicted octanol–water partition coefficient (Wildman–Crippen LogP) is 1.77. The number of hydrogen-bond acceptors (Lipinski definition) is 4. The van der Waals surface area contributed by atoms with Crippen LogP contribution in [0.25, 0.3) is 0 Å². The highest BCUT2D eigenvalue weighted by atomic mass is 16.5. The van der Waals surface area contributed by atoms with Gasteiger partial charge in [-0.3, -0.25) is 4.79 Å². The first-order chi connectivity index (χ1) is 10.0. The van der Waals surface area contributed by atoms with Gasteiger partial charge in [0.2, 0.25) is 5.91 Å². The van der Waals surface area contributed by atoms with Gasteiger partial charge in [-0.25, -0.2) is 0 Å². The van der Waals surface area contributed by atoms with Crippen molar-refractivity contribution in [2.24, 2.45) is 5.73 Å². The van der Waals surface area contributed by atoms with E-state index in [2.05, 4.69) is 11.0 Å². The summed E-state index contributed by atoms with van der Waals surface area (Å²) in [5.74, 6) is 0.977. The number of hydrogen-bond donors (Lipinski definition) is 1. The molecule has 1 amide bonds. The number of benzene rings is 1. The van der Waals surface area contributed by atoms with E-state index in [-0.39, 0.29) is 11.9 Å². The average Bonchev–Trinajstić information content (AvgIpc) is 2.72. The van der Waals surface area contributed by atoms with Crippen molar-refractivity contribution in [2.45, 2.75) is 26.3 Å². The van der Waals surface area contributed by atoms with Crippen LogP contribution in [-0.4, -0.2) is 44.1 Å². The topological polar surface area (TPSA) is 58.8 Å². The molecule has 2 rings (SSSR count). The average molecular weight is 291 g/mol. The maximum absolute atomic E-state index is 11.5. The lowest BCUT2D eigenvalue weighted by atomic mass is 10.0. The van der Waals surface area contributed by atoms with Crippen molar-refractivity contribution in [2.75, 3.05) is 38.2 Å². The molecule has 1 aliphatic heterocycles. The standard InChI is InChI=1S/C16H25N3O2/c1-12(17)16-14(6-4-7-15(16)21-3)19-9-5-8-18(10-11-19)13(2)20/h4,6-7,12H,5,8-11,17H2,1-3H3/t12-/m1/s1. The van der Waals surface area contributed by atoms with Gasteiger partial charge in [-0.15, -0.1) is 0 Å². The molecule has 0 spiro atoms. The molecule has 1 saturated heterocycles. The molecule has 5 nitrogen and oxygen atoms in total. The largest absolute Gasteiger partial charge is 0.496 e. The Labute approximate surface area is 126 Å². The minimum Gasteiger partial charge on any atom is -0.496 e. The lowest BCUT2D eigenvalue weighted by molar-refractivity contribution is -0.128. The zero-order valence-electron chi connectivity index (χ0n) is 13.1. The van der Waals surface area contributed by atoms with Gasteiger partial charge in [-0.2, -0.15) is 0 Å². The van der Waals surface area contributed by atoms with Crippen molar-refractivity contribution >= 4 is 11.6 Å². The molecule has 2 N–H and O–H groups in total. The fraction of sp³-hybridized carbons (Fsp3) is 0.562. The van der Waals surface area contributed by atoms with Crippen LogP contribution in [0, 0.1) is 0 Å². The van der Waals surface area contributed by atoms with Gasteiger partial charge in [0.15, 0.2) is 0 Å². The molecular weight excluding hydrogens is 266 g/mol. The molecule has 1 fully saturated rings. The molecule has 0 bridgehead atoms. The fourth-order valence-corrected chi connectivity index (χ4v) is 2.92. The molecule has 0 aromatic heterocycles. The molecule has 1 heterocycles. The third-order valence-corrected chi connectivity index (χ3v) is 4.00. The van der Waals surface area contributed by atoms with Crippen molar-refractivity contribution in [3.63, 3.8) is 0 Å². The summed E-state index contributed by atoms with van der Waals surface area (Å²) < 4.78 is 5.46. The molecule has 1 atom stereocenters. The zero-order chi connectivity index (χ0) is 15.4. The van der Waals surface area contributed by atoms with Crippen LogP contribution in [0.4, 0.5) is 5.69 Å². The van der Waals surface area contributed by atoms with Crippen molar-refractivity contribution in [3.8, 4) is 5.75 Å². The summed E-state index contributed by atoms with van der Waals surface area (Å²) in [5.41, 5.74) is 8.30. The Hall–Kier alpha value is -1.75. The van der Waals surface area contributed by atoms with E-state index in [9.17, 15) is 4.79 Å². The molecule has 1 aromatic rings. The molecule has 0 radical (unpaired) electrons. The number of methoxy groups -OCH3 is 1. The summed E-state index contributed by atoms with van der Waals surface area (Å²) in [4.78, 5) is 15.8. The predicted molar refractivity (Wildman–Crippen MR) is 84.7 cm³/mol. The molecule has 0 aliphatic carbocycles. The second-order valence-corrected chi connectivity index (χ2v) is 5.53. The molecule has 1 aromatic carbocycles. The Morgan fingerprint density at radius 3 is 2.67 bits per heavy atom. The van der Waals surface area contributed by atoms with E-state index in [4.69, 9.17) is 10.5 Å². The van der Waals surface area contributed by atoms with Crippen LogP contribution in [0.15, 0.2) is 18.2 Å². The lowest BCUT2D eigenvalue weighted by Crippen LogP contribution is -2.34. The number of amides is 1. The van der Waals surface area contributed by atoms with Crippen LogP contribution < -0.4 is 15.4 Å². The second kappa shape index (κ2) is 6.80. The molecular formula is C16H25N3O2. The van der Waals surface area contributed by atoms with Crippen LogP contribution in [0.2, 0.25) is 0 Å². The number of rotatable bonds is 3. The molecule has 116 valence electrons. The Balaban J connectivity index is 2.27. The van der Waals surface area contributed by atoms with Crippen molar-refractivity contribution < 1.29 is 9.53 Å². The van der Waals surface area contributed by atoms with Gasteiger partial charge in [0.05, 0.1) is 7.11 Å². The maximum Gasteiger partial charge on any atom is 0.219 e. The Kier molecular flexibility index (Phi) is 5.07. The monoisotopic (exact) mass is 291 g/mol. The van der Waals surface area contributed by atoms with Gasteiger partial charge < -0.3 is 20.3 Å². The number of nitrogens with two attached hydrogens (primary N) is 1. The van der Waals surface area contributed by atoms with Crippen LogP contribution in [0.1, 0.15) is 31.9 Å². The summed E-state index contributed by atoms with van der Waals surface area (Å²) in [5, 5.41) is 0. The number of ether oxygens (including phenoxy) is 1. The van der Waals surface area contributed by atoms with E-state index in [1.807, 2.05) is 24.0 Å². The van der Waals surface area contributed by atoms with Gasteiger partial charge in [-0.1, -0.05) is 6.07 Å². The number of carbonyl (C=O) groups is 1. The van der Waals surface area contributed by atoms with E-state index in [0.717, 1.165) is 49.6 Å². The minimum absolute atomic E-state index is 0.0942. The van der Waals surface area contributed by atoms with Crippen molar-refractivity contribution in [3.05, 3.63) is 23.8 Å². The Morgan fingerprint density at radius 2 is 2.05 bits per heavy atom. The zero-order valence-corrected chi connectivity index (χ0v) is 13.1. The van der Waals surface area contributed by atoms with E-state index >= 15 is 0 Å². The van der Waals surface area contributed by atoms with Crippen LogP contribution in [0.3, 0.4) is 0 Å². The molecule has 1 aliphatic rings. The van der Waals surface area contributed by atoms with Gasteiger partial charge in [0.1, 0.15) is 5.75 Å². The first-order valence-corrected chi connectivity index (χ1v) is 7.47. The first-order valence-electron chi connectivity index (χ1n) is 7.47. The summed E-state index contributed by atoms with van der Waals surface area (Å²) >= 11 is 0. The fourth-order valence-electron chi connectivity index (χ4n) is 2.92. The van der Waals surface area contributed by atoms with E-state index in [1.54, 1.807) is 14.0 Å². The number of anilines is 1. The molecule has 0 saturated carbocycles. The summed E-state index contributed by atoms with van der Waals surface area (Å²) in [7, 11) is 1.67. The smallest absolute Gasteiger partial charge is 0.219 e. The highest BCUT2D eigenvalue weighted by Gasteiger charge is 2.21. The number of carbonyl (C=O) groups excluding carboxylic acids is 1. The van der Waals surface area contributed by atoms with E-state index in [0.29, 0.717) is 0 Å². The van der Waals surface area contributed by atoms with Gasteiger partial charge >= 0.3 is 0 Å². The minimum atomic E-state index is -0.0942.